The van der Waals surface area contributed by atoms with Gasteiger partial charge in [-0.1, -0.05) is 6.58 Å². The molecule has 1 heterocycles. The minimum Gasteiger partial charge on any atom is -0.299 e. The van der Waals surface area contributed by atoms with Crippen molar-refractivity contribution in [1.29, 1.82) is 0 Å². The fraction of sp³-hybridized carbons (Fsp3) is 0.714. The van der Waals surface area contributed by atoms with Crippen molar-refractivity contribution in [2.75, 3.05) is 13.6 Å². The highest BCUT2D eigenvalue weighted by molar-refractivity contribution is 8.16. The first kappa shape index (κ1) is 10.0. The first-order valence-corrected chi connectivity index (χ1v) is 6.07. The van der Waals surface area contributed by atoms with Gasteiger partial charge in [0.2, 0.25) is 0 Å². The normalized spacial score (nSPS) is 26.0. The third kappa shape index (κ3) is 2.00. The number of hydrogen-bond donors (Lipinski definition) is 0. The van der Waals surface area contributed by atoms with Crippen LogP contribution in [-0.4, -0.2) is 33.0 Å². The second-order valence-electron chi connectivity index (χ2n) is 3.04. The third-order valence-corrected chi connectivity index (χ3v) is 3.70. The summed E-state index contributed by atoms with van der Waals surface area (Å²) in [7, 11) is 3.47. The molecule has 0 N–H and O–H groups in total. The lowest BCUT2D eigenvalue weighted by atomic mass is 10.2. The summed E-state index contributed by atoms with van der Waals surface area (Å²) in [5, 5.41) is 0. The molecular weight excluding hydrogens is 198 g/mol. The van der Waals surface area contributed by atoms with E-state index in [0.29, 0.717) is 0 Å². The minimum absolute atomic E-state index is 0.0903. The van der Waals surface area contributed by atoms with E-state index in [4.69, 9.17) is 10.7 Å². The quantitative estimate of drug-likeness (QED) is 0.641. The van der Waals surface area contributed by atoms with Gasteiger partial charge in [0.25, 0.3) is 9.05 Å². The van der Waals surface area contributed by atoms with Crippen molar-refractivity contribution in [3.05, 3.63) is 11.5 Å². The predicted octanol–water partition coefficient (Wildman–Crippen LogP) is 1.16. The lowest BCUT2D eigenvalue weighted by molar-refractivity contribution is 0.352. The highest BCUT2D eigenvalue weighted by Crippen LogP contribution is 2.26. The van der Waals surface area contributed by atoms with Crippen molar-refractivity contribution in [2.24, 2.45) is 0 Å². The predicted molar refractivity (Wildman–Crippen MR) is 49.6 cm³/mol. The number of likely N-dealkylation sites (N-methyl/N-ethyl adjacent to an activating group) is 1. The van der Waals surface area contributed by atoms with E-state index < -0.39 is 9.05 Å². The second-order valence-corrected chi connectivity index (χ2v) is 5.66. The lowest BCUT2D eigenvalue weighted by Crippen LogP contribution is -2.28. The van der Waals surface area contributed by atoms with Gasteiger partial charge in [0.05, 0.1) is 4.91 Å². The molecule has 0 saturated carbocycles. The molecule has 0 aromatic carbocycles. The summed E-state index contributed by atoms with van der Waals surface area (Å²) in [5.74, 6) is 0. The summed E-state index contributed by atoms with van der Waals surface area (Å²) in [6.45, 7) is 4.41. The molecule has 0 aromatic rings. The molecule has 1 aliphatic heterocycles. The molecule has 3 nitrogen and oxygen atoms in total. The maximum Gasteiger partial charge on any atom is 0.258 e. The van der Waals surface area contributed by atoms with Crippen LogP contribution in [0.2, 0.25) is 0 Å². The van der Waals surface area contributed by atoms with Crippen LogP contribution in [0, 0.1) is 0 Å². The lowest BCUT2D eigenvalue weighted by Gasteiger charge is -2.19. The molecule has 1 atom stereocenters. The molecule has 12 heavy (non-hydrogen) atoms. The van der Waals surface area contributed by atoms with E-state index in [2.05, 4.69) is 6.58 Å². The van der Waals surface area contributed by atoms with Gasteiger partial charge in [-0.2, -0.15) is 0 Å². The van der Waals surface area contributed by atoms with Crippen LogP contribution in [0.3, 0.4) is 0 Å². The maximum absolute atomic E-state index is 10.9. The summed E-state index contributed by atoms with van der Waals surface area (Å²) in [6, 6.07) is -0.0903. The molecule has 5 heteroatoms. The van der Waals surface area contributed by atoms with E-state index >= 15 is 0 Å². The molecule has 0 bridgehead atoms. The van der Waals surface area contributed by atoms with E-state index in [1.54, 1.807) is 0 Å². The Morgan fingerprint density at radius 2 is 2.25 bits per heavy atom. The zero-order chi connectivity index (χ0) is 9.35. The minimum atomic E-state index is -3.58. The second kappa shape index (κ2) is 3.36. The zero-order valence-corrected chi connectivity index (χ0v) is 8.53. The summed E-state index contributed by atoms with van der Waals surface area (Å²) in [6.07, 6.45) is 1.84. The SMILES string of the molecule is C=C(C1CCCN1C)S(=O)(=O)Cl. The van der Waals surface area contributed by atoms with Crippen LogP contribution in [0.15, 0.2) is 11.5 Å². The smallest absolute Gasteiger partial charge is 0.258 e. The molecule has 1 unspecified atom stereocenters. The summed E-state index contributed by atoms with van der Waals surface area (Å²) < 4.78 is 21.8. The summed E-state index contributed by atoms with van der Waals surface area (Å²) in [4.78, 5) is 2.09. The van der Waals surface area contributed by atoms with Crippen molar-refractivity contribution in [2.45, 2.75) is 18.9 Å². The molecule has 0 spiro atoms. The first-order chi connectivity index (χ1) is 5.43. The molecule has 0 aromatic heterocycles. The van der Waals surface area contributed by atoms with Crippen LogP contribution in [0.4, 0.5) is 0 Å². The Hall–Kier alpha value is -0.0600. The van der Waals surface area contributed by atoms with Crippen LogP contribution >= 0.6 is 10.7 Å². The fourth-order valence-electron chi connectivity index (χ4n) is 1.48. The number of rotatable bonds is 2. The molecule has 1 rings (SSSR count). The Bertz CT molecular complexity index is 286. The van der Waals surface area contributed by atoms with Crippen molar-refractivity contribution < 1.29 is 8.42 Å². The molecule has 70 valence electrons. The zero-order valence-electron chi connectivity index (χ0n) is 6.96. The van der Waals surface area contributed by atoms with Gasteiger partial charge in [-0.25, -0.2) is 8.42 Å². The van der Waals surface area contributed by atoms with Gasteiger partial charge < -0.3 is 0 Å². The molecule has 0 radical (unpaired) electrons. The van der Waals surface area contributed by atoms with Gasteiger partial charge in [0.1, 0.15) is 0 Å². The van der Waals surface area contributed by atoms with Gasteiger partial charge in [0.15, 0.2) is 0 Å². The van der Waals surface area contributed by atoms with E-state index in [9.17, 15) is 8.42 Å². The summed E-state index contributed by atoms with van der Waals surface area (Å²) >= 11 is 0. The summed E-state index contributed by atoms with van der Waals surface area (Å²) in [5.41, 5.74) is 0. The Morgan fingerprint density at radius 1 is 1.67 bits per heavy atom. The molecule has 1 fully saturated rings. The topological polar surface area (TPSA) is 37.4 Å². The maximum atomic E-state index is 10.9. The van der Waals surface area contributed by atoms with E-state index in [1.807, 2.05) is 11.9 Å². The number of hydrogen-bond acceptors (Lipinski definition) is 3. The Balaban J connectivity index is 2.78. The number of likely N-dealkylation sites (tertiary alicyclic amines) is 1. The molecule has 1 saturated heterocycles. The van der Waals surface area contributed by atoms with Crippen molar-refractivity contribution in [1.82, 2.24) is 4.90 Å². The Kier molecular flexibility index (Phi) is 2.81. The van der Waals surface area contributed by atoms with Crippen molar-refractivity contribution in [3.8, 4) is 0 Å². The van der Waals surface area contributed by atoms with Gasteiger partial charge in [0, 0.05) is 16.7 Å². The molecule has 1 aliphatic rings. The van der Waals surface area contributed by atoms with Crippen LogP contribution in [0.25, 0.3) is 0 Å². The third-order valence-electron chi connectivity index (χ3n) is 2.21. The van der Waals surface area contributed by atoms with Crippen molar-refractivity contribution >= 4 is 19.7 Å². The molecular formula is C7H12ClNO2S. The van der Waals surface area contributed by atoms with Gasteiger partial charge in [-0.05, 0) is 26.4 Å². The van der Waals surface area contributed by atoms with Crippen molar-refractivity contribution in [3.63, 3.8) is 0 Å². The monoisotopic (exact) mass is 209 g/mol. The van der Waals surface area contributed by atoms with Crippen LogP contribution in [0.5, 0.6) is 0 Å². The van der Waals surface area contributed by atoms with E-state index in [1.165, 1.54) is 0 Å². The average molecular weight is 210 g/mol. The van der Waals surface area contributed by atoms with Crippen LogP contribution in [0.1, 0.15) is 12.8 Å². The Labute approximate surface area is 77.4 Å². The largest absolute Gasteiger partial charge is 0.299 e. The number of halogens is 1. The van der Waals surface area contributed by atoms with Gasteiger partial charge in [-0.15, -0.1) is 0 Å². The highest BCUT2D eigenvalue weighted by atomic mass is 35.7. The van der Waals surface area contributed by atoms with E-state index in [0.717, 1.165) is 19.4 Å². The standard InChI is InChI=1S/C7H12ClNO2S/c1-6(12(8,10)11)7-4-3-5-9(7)2/h7H,1,3-5H2,2H3. The fourth-order valence-corrected chi connectivity index (χ4v) is 2.41. The van der Waals surface area contributed by atoms with E-state index in [-0.39, 0.29) is 10.9 Å². The van der Waals surface area contributed by atoms with Gasteiger partial charge in [-0.3, -0.25) is 4.90 Å². The molecule has 0 aliphatic carbocycles. The Morgan fingerprint density at radius 3 is 2.58 bits per heavy atom. The van der Waals surface area contributed by atoms with Crippen LogP contribution in [-0.2, 0) is 9.05 Å². The first-order valence-electron chi connectivity index (χ1n) is 3.76. The van der Waals surface area contributed by atoms with Gasteiger partial charge >= 0.3 is 0 Å². The highest BCUT2D eigenvalue weighted by Gasteiger charge is 2.29. The molecule has 0 amide bonds. The van der Waals surface area contributed by atoms with Crippen LogP contribution < -0.4 is 0 Å². The number of nitrogens with zero attached hydrogens (tertiary/aromatic N) is 1. The average Bonchev–Trinajstić information content (AvgIpc) is 2.31.